The molecule has 3 atom stereocenters. The van der Waals surface area contributed by atoms with Crippen LogP contribution in [-0.2, 0) is 16.8 Å². The Bertz CT molecular complexity index is 251. The van der Waals surface area contributed by atoms with E-state index in [2.05, 4.69) is 83.6 Å². The van der Waals surface area contributed by atoms with Gasteiger partial charge in [-0.3, -0.25) is 0 Å². The molecule has 3 unspecified atom stereocenters. The smallest absolute Gasteiger partial charge is 0 e. The van der Waals surface area contributed by atoms with Gasteiger partial charge in [0, 0.05) is 16.8 Å². The van der Waals surface area contributed by atoms with Crippen LogP contribution in [0.5, 0.6) is 0 Å². The van der Waals surface area contributed by atoms with Gasteiger partial charge in [0.05, 0.1) is 0 Å². The fourth-order valence-corrected chi connectivity index (χ4v) is 2.50. The SMILES string of the molecule is CC(C)[N-]C(C)CC(C)[N-]C(C)C.CC[N-]C(C)[N-]C(C)(C)C.[Co]. The van der Waals surface area contributed by atoms with Crippen LogP contribution in [-0.4, -0.2) is 42.4 Å². The quantitative estimate of drug-likeness (QED) is 0.429. The van der Waals surface area contributed by atoms with Crippen LogP contribution < -0.4 is 0 Å². The van der Waals surface area contributed by atoms with Gasteiger partial charge in [-0.15, -0.1) is 36.6 Å². The number of hydrogen-bond acceptors (Lipinski definition) is 0. The average molecular weight is 386 g/mol. The Kier molecular flexibility index (Phi) is 18.9. The molecule has 0 saturated carbocycles. The topological polar surface area (TPSA) is 56.4 Å². The van der Waals surface area contributed by atoms with Crippen LogP contribution in [0, 0.1) is 0 Å². The molecule has 0 rings (SSSR count). The standard InChI is InChI=1S/C11H24N2.C8H18N2.Co/c1-8(2)12-10(5)7-11(6)13-9(3)4;1-6-9-7(2)10-8(3,4)5;/h8-11H,7H2,1-6H3;7H,6H2,1-5H3;/q2*-2;. The largest absolute Gasteiger partial charge is 0.678 e. The average Bonchev–Trinajstić information content (AvgIpc) is 2.23. The molecule has 24 heavy (non-hydrogen) atoms. The molecule has 4 nitrogen and oxygen atoms in total. The van der Waals surface area contributed by atoms with E-state index in [4.69, 9.17) is 0 Å². The fourth-order valence-electron chi connectivity index (χ4n) is 2.50. The summed E-state index contributed by atoms with van der Waals surface area (Å²) in [4.78, 5) is 0. The zero-order chi connectivity index (χ0) is 18.6. The van der Waals surface area contributed by atoms with Gasteiger partial charge >= 0.3 is 0 Å². The van der Waals surface area contributed by atoms with Crippen molar-refractivity contribution in [2.45, 2.75) is 118 Å². The predicted octanol–water partition coefficient (Wildman–Crippen LogP) is 6.61. The van der Waals surface area contributed by atoms with E-state index in [0.717, 1.165) is 13.0 Å². The fraction of sp³-hybridized carbons (Fsp3) is 1.00. The summed E-state index contributed by atoms with van der Waals surface area (Å²) >= 11 is 0. The van der Waals surface area contributed by atoms with Crippen molar-refractivity contribution in [2.75, 3.05) is 6.54 Å². The Morgan fingerprint density at radius 3 is 1.38 bits per heavy atom. The van der Waals surface area contributed by atoms with Crippen molar-refractivity contribution in [1.29, 1.82) is 0 Å². The maximum absolute atomic E-state index is 4.56. The van der Waals surface area contributed by atoms with Gasteiger partial charge in [-0.2, -0.15) is 6.54 Å². The molecule has 0 amide bonds. The Labute approximate surface area is 163 Å². The van der Waals surface area contributed by atoms with Gasteiger partial charge in [-0.1, -0.05) is 75.7 Å². The Morgan fingerprint density at radius 1 is 0.750 bits per heavy atom. The zero-order valence-corrected chi connectivity index (χ0v) is 19.0. The summed E-state index contributed by atoms with van der Waals surface area (Å²) in [7, 11) is 0. The first-order valence-electron chi connectivity index (χ1n) is 9.15. The number of rotatable bonds is 9. The van der Waals surface area contributed by atoms with E-state index in [1.165, 1.54) is 0 Å². The molecule has 0 N–H and O–H groups in total. The van der Waals surface area contributed by atoms with Crippen LogP contribution in [0.3, 0.4) is 0 Å². The van der Waals surface area contributed by atoms with Gasteiger partial charge in [0.25, 0.3) is 0 Å². The van der Waals surface area contributed by atoms with E-state index < -0.39 is 0 Å². The maximum Gasteiger partial charge on any atom is 0 e. The van der Waals surface area contributed by atoms with E-state index in [1.54, 1.807) is 0 Å². The second kappa shape index (κ2) is 15.6. The normalized spacial score (nSPS) is 15.4. The molecule has 0 aliphatic heterocycles. The summed E-state index contributed by atoms with van der Waals surface area (Å²) in [5.41, 5.74) is 0.0537. The minimum Gasteiger partial charge on any atom is -0.678 e. The third-order valence-corrected chi connectivity index (χ3v) is 2.81. The molecular formula is C19H42CoN4-4. The van der Waals surface area contributed by atoms with Gasteiger partial charge in [0.2, 0.25) is 0 Å². The van der Waals surface area contributed by atoms with Gasteiger partial charge < -0.3 is 21.3 Å². The van der Waals surface area contributed by atoms with Crippen LogP contribution in [0.15, 0.2) is 0 Å². The van der Waals surface area contributed by atoms with Crippen molar-refractivity contribution in [3.8, 4) is 0 Å². The molecule has 0 heterocycles. The molecule has 0 aliphatic rings. The van der Waals surface area contributed by atoms with E-state index in [-0.39, 0.29) is 28.5 Å². The summed E-state index contributed by atoms with van der Waals surface area (Å²) in [6.07, 6.45) is 1.24. The first kappa shape index (κ1) is 29.1. The molecule has 0 saturated heterocycles. The second-order valence-electron chi connectivity index (χ2n) is 7.85. The minimum absolute atomic E-state index is 0. The number of hydrogen-bond donors (Lipinski definition) is 0. The Hall–Kier alpha value is 0.346. The molecule has 0 fully saturated rings. The molecule has 5 heteroatoms. The number of nitrogens with zero attached hydrogens (tertiary/aromatic N) is 4. The molecule has 0 bridgehead atoms. The summed E-state index contributed by atoms with van der Waals surface area (Å²) < 4.78 is 0. The van der Waals surface area contributed by atoms with Crippen LogP contribution in [0.4, 0.5) is 0 Å². The van der Waals surface area contributed by atoms with Crippen molar-refractivity contribution in [2.24, 2.45) is 0 Å². The Balaban J connectivity index is -0.000000364. The monoisotopic (exact) mass is 385 g/mol. The zero-order valence-electron chi connectivity index (χ0n) is 17.9. The molecule has 0 aromatic heterocycles. The third-order valence-electron chi connectivity index (χ3n) is 2.81. The third kappa shape index (κ3) is 24.6. The van der Waals surface area contributed by atoms with Crippen LogP contribution in [0.25, 0.3) is 21.3 Å². The molecule has 0 spiro atoms. The van der Waals surface area contributed by atoms with E-state index >= 15 is 0 Å². The van der Waals surface area contributed by atoms with Gasteiger partial charge in [0.15, 0.2) is 0 Å². The second-order valence-corrected chi connectivity index (χ2v) is 7.85. The molecular weight excluding hydrogens is 343 g/mol. The van der Waals surface area contributed by atoms with Crippen molar-refractivity contribution in [3.63, 3.8) is 0 Å². The molecule has 0 aromatic carbocycles. The molecule has 1 radical (unpaired) electrons. The van der Waals surface area contributed by atoms with Crippen molar-refractivity contribution in [3.05, 3.63) is 21.3 Å². The van der Waals surface area contributed by atoms with Gasteiger partial charge in [-0.05, 0) is 0 Å². The maximum atomic E-state index is 4.56. The Morgan fingerprint density at radius 2 is 1.12 bits per heavy atom. The van der Waals surface area contributed by atoms with E-state index in [1.807, 2.05) is 13.8 Å². The molecule has 0 aromatic rings. The minimum atomic E-state index is 0. The van der Waals surface area contributed by atoms with Crippen LogP contribution >= 0.6 is 0 Å². The summed E-state index contributed by atoms with van der Waals surface area (Å²) in [6, 6.07) is 1.78. The van der Waals surface area contributed by atoms with Crippen molar-refractivity contribution < 1.29 is 16.8 Å². The first-order chi connectivity index (χ1) is 10.4. The first-order valence-corrected chi connectivity index (χ1v) is 9.15. The molecule has 0 aliphatic carbocycles. The van der Waals surface area contributed by atoms with Gasteiger partial charge in [-0.25, -0.2) is 6.17 Å². The summed E-state index contributed by atoms with van der Waals surface area (Å²) in [6.45, 7) is 24.0. The van der Waals surface area contributed by atoms with Crippen LogP contribution in [0.1, 0.15) is 82.6 Å². The summed E-state index contributed by atoms with van der Waals surface area (Å²) in [5.74, 6) is 0. The van der Waals surface area contributed by atoms with Gasteiger partial charge in [0.1, 0.15) is 0 Å². The predicted molar refractivity (Wildman–Crippen MR) is 107 cm³/mol. The van der Waals surface area contributed by atoms with E-state index in [0.29, 0.717) is 24.2 Å². The van der Waals surface area contributed by atoms with Crippen molar-refractivity contribution in [1.82, 2.24) is 0 Å². The molecule has 151 valence electrons. The van der Waals surface area contributed by atoms with Crippen LogP contribution in [0.2, 0.25) is 0 Å². The van der Waals surface area contributed by atoms with Crippen molar-refractivity contribution >= 4 is 0 Å². The van der Waals surface area contributed by atoms with E-state index in [9.17, 15) is 0 Å². The summed E-state index contributed by atoms with van der Waals surface area (Å²) in [5, 5.41) is 17.8.